The number of hydrogen-bond acceptors (Lipinski definition) is 3. The molecule has 100 valence electrons. The third-order valence-corrected chi connectivity index (χ3v) is 4.50. The topological polar surface area (TPSA) is 32.5 Å². The second-order valence-electron chi connectivity index (χ2n) is 5.44. The van der Waals surface area contributed by atoms with Gasteiger partial charge >= 0.3 is 0 Å². The molecule has 0 aliphatic carbocycles. The zero-order valence-electron chi connectivity index (χ0n) is 11.2. The average molecular weight is 312 g/mol. The lowest BCUT2D eigenvalue weighted by Gasteiger charge is -2.44. The fourth-order valence-electron chi connectivity index (χ4n) is 2.39. The molecule has 18 heavy (non-hydrogen) atoms. The second-order valence-corrected chi connectivity index (χ2v) is 6.30. The van der Waals surface area contributed by atoms with Crippen LogP contribution in [0.15, 0.2) is 28.7 Å². The van der Waals surface area contributed by atoms with E-state index >= 15 is 0 Å². The standard InChI is InChI=1S/C14H22BrN3/c1-14(2,11-16)18-9-7-17(8-10-18)13-6-4-3-5-12(13)15/h3-6H,7-11,16H2,1-2H3. The first kappa shape index (κ1) is 13.8. The lowest BCUT2D eigenvalue weighted by molar-refractivity contribution is 0.119. The van der Waals surface area contributed by atoms with Crippen molar-refractivity contribution < 1.29 is 0 Å². The highest BCUT2D eigenvalue weighted by molar-refractivity contribution is 9.10. The summed E-state index contributed by atoms with van der Waals surface area (Å²) in [7, 11) is 0. The summed E-state index contributed by atoms with van der Waals surface area (Å²) < 4.78 is 1.18. The number of piperazine rings is 1. The Labute approximate surface area is 118 Å². The third kappa shape index (κ3) is 2.87. The molecular weight excluding hydrogens is 290 g/mol. The van der Waals surface area contributed by atoms with E-state index in [0.717, 1.165) is 26.2 Å². The van der Waals surface area contributed by atoms with E-state index in [1.165, 1.54) is 10.2 Å². The highest BCUT2D eigenvalue weighted by Crippen LogP contribution is 2.27. The molecule has 1 aliphatic heterocycles. The number of para-hydroxylation sites is 1. The zero-order chi connectivity index (χ0) is 13.2. The number of nitrogens with two attached hydrogens (primary N) is 1. The molecule has 1 aliphatic rings. The molecule has 0 radical (unpaired) electrons. The third-order valence-electron chi connectivity index (χ3n) is 3.83. The van der Waals surface area contributed by atoms with Gasteiger partial charge in [0.25, 0.3) is 0 Å². The van der Waals surface area contributed by atoms with Crippen molar-refractivity contribution in [3.8, 4) is 0 Å². The summed E-state index contributed by atoms with van der Waals surface area (Å²) in [5.74, 6) is 0. The van der Waals surface area contributed by atoms with E-state index in [1.54, 1.807) is 0 Å². The predicted molar refractivity (Wildman–Crippen MR) is 81.1 cm³/mol. The van der Waals surface area contributed by atoms with Crippen molar-refractivity contribution in [1.82, 2.24) is 4.90 Å². The molecule has 1 fully saturated rings. The first-order chi connectivity index (χ1) is 8.54. The van der Waals surface area contributed by atoms with Gasteiger partial charge in [0.2, 0.25) is 0 Å². The number of rotatable bonds is 3. The lowest BCUT2D eigenvalue weighted by atomic mass is 10.0. The van der Waals surface area contributed by atoms with Gasteiger partial charge in [0.1, 0.15) is 0 Å². The van der Waals surface area contributed by atoms with Gasteiger partial charge in [-0.15, -0.1) is 0 Å². The molecule has 0 atom stereocenters. The minimum Gasteiger partial charge on any atom is -0.368 e. The van der Waals surface area contributed by atoms with Crippen LogP contribution in [0.3, 0.4) is 0 Å². The number of hydrogen-bond donors (Lipinski definition) is 1. The van der Waals surface area contributed by atoms with Crippen LogP contribution >= 0.6 is 15.9 Å². The normalized spacial score (nSPS) is 18.1. The fraction of sp³-hybridized carbons (Fsp3) is 0.571. The van der Waals surface area contributed by atoms with E-state index in [2.05, 4.69) is 63.8 Å². The van der Waals surface area contributed by atoms with Crippen molar-refractivity contribution in [3.05, 3.63) is 28.7 Å². The fourth-order valence-corrected chi connectivity index (χ4v) is 2.93. The molecule has 4 heteroatoms. The number of nitrogens with zero attached hydrogens (tertiary/aromatic N) is 2. The summed E-state index contributed by atoms with van der Waals surface area (Å²) in [6, 6.07) is 8.43. The van der Waals surface area contributed by atoms with Gasteiger partial charge in [0.15, 0.2) is 0 Å². The van der Waals surface area contributed by atoms with E-state index < -0.39 is 0 Å². The van der Waals surface area contributed by atoms with Crippen LogP contribution in [-0.2, 0) is 0 Å². The number of anilines is 1. The van der Waals surface area contributed by atoms with Crippen LogP contribution in [0.2, 0.25) is 0 Å². The molecule has 1 heterocycles. The smallest absolute Gasteiger partial charge is 0.0511 e. The predicted octanol–water partition coefficient (Wildman–Crippen LogP) is 2.31. The first-order valence-electron chi connectivity index (χ1n) is 6.49. The van der Waals surface area contributed by atoms with Crippen molar-refractivity contribution in [1.29, 1.82) is 0 Å². The van der Waals surface area contributed by atoms with Gasteiger partial charge in [0, 0.05) is 42.7 Å². The van der Waals surface area contributed by atoms with E-state index in [1.807, 2.05) is 0 Å². The largest absolute Gasteiger partial charge is 0.368 e. The summed E-state index contributed by atoms with van der Waals surface area (Å²) >= 11 is 3.62. The highest BCUT2D eigenvalue weighted by atomic mass is 79.9. The van der Waals surface area contributed by atoms with E-state index in [-0.39, 0.29) is 5.54 Å². The Morgan fingerprint density at radius 3 is 2.33 bits per heavy atom. The summed E-state index contributed by atoms with van der Waals surface area (Å²) in [6.07, 6.45) is 0. The van der Waals surface area contributed by atoms with E-state index in [9.17, 15) is 0 Å². The van der Waals surface area contributed by atoms with Crippen molar-refractivity contribution in [2.45, 2.75) is 19.4 Å². The molecule has 2 rings (SSSR count). The van der Waals surface area contributed by atoms with Crippen molar-refractivity contribution in [2.75, 3.05) is 37.6 Å². The van der Waals surface area contributed by atoms with Gasteiger partial charge in [0.05, 0.1) is 5.69 Å². The molecular formula is C14H22BrN3. The number of halogens is 1. The molecule has 0 unspecified atom stereocenters. The molecule has 0 bridgehead atoms. The molecule has 3 nitrogen and oxygen atoms in total. The maximum Gasteiger partial charge on any atom is 0.0511 e. The van der Waals surface area contributed by atoms with Crippen molar-refractivity contribution in [2.24, 2.45) is 5.73 Å². The molecule has 0 saturated carbocycles. The van der Waals surface area contributed by atoms with Crippen LogP contribution in [-0.4, -0.2) is 43.2 Å². The average Bonchev–Trinajstić information content (AvgIpc) is 2.39. The van der Waals surface area contributed by atoms with Crippen LogP contribution < -0.4 is 10.6 Å². The maximum absolute atomic E-state index is 5.84. The van der Waals surface area contributed by atoms with Crippen LogP contribution in [0.4, 0.5) is 5.69 Å². The van der Waals surface area contributed by atoms with Crippen LogP contribution in [0, 0.1) is 0 Å². The number of benzene rings is 1. The molecule has 1 aromatic carbocycles. The summed E-state index contributed by atoms with van der Waals surface area (Å²) in [6.45, 7) is 9.43. The lowest BCUT2D eigenvalue weighted by Crippen LogP contribution is -2.57. The van der Waals surface area contributed by atoms with Crippen LogP contribution in [0.1, 0.15) is 13.8 Å². The van der Waals surface area contributed by atoms with E-state index in [0.29, 0.717) is 6.54 Å². The van der Waals surface area contributed by atoms with Gasteiger partial charge in [-0.25, -0.2) is 0 Å². The van der Waals surface area contributed by atoms with Gasteiger partial charge in [-0.05, 0) is 41.9 Å². The molecule has 2 N–H and O–H groups in total. The Kier molecular flexibility index (Phi) is 4.30. The highest BCUT2D eigenvalue weighted by Gasteiger charge is 2.28. The quantitative estimate of drug-likeness (QED) is 0.930. The van der Waals surface area contributed by atoms with E-state index in [4.69, 9.17) is 5.73 Å². The zero-order valence-corrected chi connectivity index (χ0v) is 12.8. The SMILES string of the molecule is CC(C)(CN)N1CCN(c2ccccc2Br)CC1. The molecule has 0 amide bonds. The Bertz CT molecular complexity index is 398. The minimum atomic E-state index is 0.111. The van der Waals surface area contributed by atoms with Crippen LogP contribution in [0.25, 0.3) is 0 Å². The van der Waals surface area contributed by atoms with Gasteiger partial charge < -0.3 is 10.6 Å². The maximum atomic E-state index is 5.84. The molecule has 1 saturated heterocycles. The van der Waals surface area contributed by atoms with Gasteiger partial charge in [-0.2, -0.15) is 0 Å². The monoisotopic (exact) mass is 311 g/mol. The van der Waals surface area contributed by atoms with Crippen molar-refractivity contribution >= 4 is 21.6 Å². The Morgan fingerprint density at radius 2 is 1.78 bits per heavy atom. The van der Waals surface area contributed by atoms with Crippen molar-refractivity contribution in [3.63, 3.8) is 0 Å². The Morgan fingerprint density at radius 1 is 1.17 bits per heavy atom. The summed E-state index contributed by atoms with van der Waals surface area (Å²) in [5.41, 5.74) is 7.25. The summed E-state index contributed by atoms with van der Waals surface area (Å²) in [4.78, 5) is 4.92. The molecule has 0 aromatic heterocycles. The second kappa shape index (κ2) is 5.59. The Hall–Kier alpha value is -0.580. The summed E-state index contributed by atoms with van der Waals surface area (Å²) in [5, 5.41) is 0. The van der Waals surface area contributed by atoms with Crippen LogP contribution in [0.5, 0.6) is 0 Å². The van der Waals surface area contributed by atoms with Gasteiger partial charge in [-0.3, -0.25) is 4.90 Å². The first-order valence-corrected chi connectivity index (χ1v) is 7.28. The van der Waals surface area contributed by atoms with Gasteiger partial charge in [-0.1, -0.05) is 12.1 Å². The molecule has 1 aromatic rings. The molecule has 0 spiro atoms. The Balaban J connectivity index is 2.01. The minimum absolute atomic E-state index is 0.111.